The molecule has 1 aliphatic rings. The van der Waals surface area contributed by atoms with E-state index in [1.54, 1.807) is 0 Å². The molecule has 1 heterocycles. The first-order valence-corrected chi connectivity index (χ1v) is 6.42. The third-order valence-corrected chi connectivity index (χ3v) is 3.36. The van der Waals surface area contributed by atoms with Crippen LogP contribution in [0.5, 0.6) is 0 Å². The first-order chi connectivity index (χ1) is 8.39. The highest BCUT2D eigenvalue weighted by Gasteiger charge is 2.21. The molecule has 0 aliphatic carbocycles. The van der Waals surface area contributed by atoms with Gasteiger partial charge in [-0.3, -0.25) is 0 Å². The minimum absolute atomic E-state index is 0.0613. The van der Waals surface area contributed by atoms with Crippen LogP contribution >= 0.6 is 0 Å². The third-order valence-electron chi connectivity index (χ3n) is 3.36. The number of anilines is 3. The van der Waals surface area contributed by atoms with Gasteiger partial charge in [0.05, 0.1) is 30.3 Å². The summed E-state index contributed by atoms with van der Waals surface area (Å²) in [5.41, 5.74) is 16.1. The number of nitrogen functional groups attached to an aromatic ring is 2. The average Bonchev–Trinajstić information content (AvgIpc) is 2.28. The van der Waals surface area contributed by atoms with E-state index in [1.165, 1.54) is 5.56 Å². The van der Waals surface area contributed by atoms with E-state index in [4.69, 9.17) is 16.2 Å². The van der Waals surface area contributed by atoms with E-state index in [0.717, 1.165) is 43.4 Å². The third kappa shape index (κ3) is 2.53. The molecule has 2 rings (SSSR count). The molecule has 0 amide bonds. The van der Waals surface area contributed by atoms with Gasteiger partial charge in [0, 0.05) is 13.1 Å². The number of rotatable bonds is 1. The van der Waals surface area contributed by atoms with Gasteiger partial charge in [0.25, 0.3) is 0 Å². The zero-order chi connectivity index (χ0) is 13.3. The van der Waals surface area contributed by atoms with Crippen LogP contribution in [0.2, 0.25) is 0 Å². The molecule has 1 fully saturated rings. The predicted octanol–water partition coefficient (Wildman–Crippen LogP) is 1.99. The molecule has 0 spiro atoms. The van der Waals surface area contributed by atoms with Gasteiger partial charge in [-0.2, -0.15) is 0 Å². The van der Waals surface area contributed by atoms with Gasteiger partial charge in [0.1, 0.15) is 0 Å². The van der Waals surface area contributed by atoms with Crippen LogP contribution in [-0.4, -0.2) is 26.3 Å². The zero-order valence-electron chi connectivity index (χ0n) is 11.5. The van der Waals surface area contributed by atoms with E-state index in [1.807, 2.05) is 12.1 Å². The monoisotopic (exact) mass is 249 g/mol. The van der Waals surface area contributed by atoms with Crippen molar-refractivity contribution in [2.45, 2.75) is 26.2 Å². The molecule has 0 bridgehead atoms. The van der Waals surface area contributed by atoms with E-state index in [9.17, 15) is 0 Å². The van der Waals surface area contributed by atoms with Crippen molar-refractivity contribution in [2.75, 3.05) is 42.7 Å². The summed E-state index contributed by atoms with van der Waals surface area (Å²) >= 11 is 0. The standard InChI is InChI=1S/C14H23N3O/c1-14(2,3)10-8-11(15)13(12(16)9-10)17-4-6-18-7-5-17/h8-9H,4-7,15-16H2,1-3H3. The molecule has 0 unspecified atom stereocenters. The molecular formula is C14H23N3O. The molecule has 1 saturated heterocycles. The maximum atomic E-state index is 6.19. The molecule has 1 aliphatic heterocycles. The zero-order valence-corrected chi connectivity index (χ0v) is 11.5. The Bertz CT molecular complexity index is 408. The topological polar surface area (TPSA) is 64.5 Å². The number of ether oxygens (including phenoxy) is 1. The number of nitrogens with two attached hydrogens (primary N) is 2. The van der Waals surface area contributed by atoms with Crippen LogP contribution in [0.25, 0.3) is 0 Å². The van der Waals surface area contributed by atoms with Crippen LogP contribution < -0.4 is 16.4 Å². The van der Waals surface area contributed by atoms with Gasteiger partial charge in [-0.25, -0.2) is 0 Å². The van der Waals surface area contributed by atoms with Crippen LogP contribution in [-0.2, 0) is 10.2 Å². The Labute approximate surface area is 109 Å². The fraction of sp³-hybridized carbons (Fsp3) is 0.571. The van der Waals surface area contributed by atoms with Gasteiger partial charge in [-0.05, 0) is 23.1 Å². The van der Waals surface area contributed by atoms with Gasteiger partial charge < -0.3 is 21.1 Å². The highest BCUT2D eigenvalue weighted by molar-refractivity contribution is 5.82. The molecule has 4 heteroatoms. The highest BCUT2D eigenvalue weighted by atomic mass is 16.5. The van der Waals surface area contributed by atoms with E-state index < -0.39 is 0 Å². The summed E-state index contributed by atoms with van der Waals surface area (Å²) in [6.07, 6.45) is 0. The molecule has 4 N–H and O–H groups in total. The highest BCUT2D eigenvalue weighted by Crippen LogP contribution is 2.36. The molecule has 18 heavy (non-hydrogen) atoms. The summed E-state index contributed by atoms with van der Waals surface area (Å²) in [7, 11) is 0. The molecular weight excluding hydrogens is 226 g/mol. The number of nitrogens with zero attached hydrogens (tertiary/aromatic N) is 1. The van der Waals surface area contributed by atoms with Crippen molar-refractivity contribution in [3.63, 3.8) is 0 Å². The average molecular weight is 249 g/mol. The molecule has 100 valence electrons. The molecule has 0 radical (unpaired) electrons. The van der Waals surface area contributed by atoms with Crippen molar-refractivity contribution in [3.05, 3.63) is 17.7 Å². The smallest absolute Gasteiger partial charge is 0.0835 e. The Kier molecular flexibility index (Phi) is 3.39. The van der Waals surface area contributed by atoms with E-state index in [-0.39, 0.29) is 5.41 Å². The lowest BCUT2D eigenvalue weighted by Gasteiger charge is -2.32. The van der Waals surface area contributed by atoms with Crippen LogP contribution in [0.3, 0.4) is 0 Å². The molecule has 0 aromatic heterocycles. The number of hydrogen-bond donors (Lipinski definition) is 2. The second-order valence-electron chi connectivity index (χ2n) is 5.85. The van der Waals surface area contributed by atoms with Crippen LogP contribution in [0.15, 0.2) is 12.1 Å². The van der Waals surface area contributed by atoms with Gasteiger partial charge in [0.2, 0.25) is 0 Å². The van der Waals surface area contributed by atoms with Gasteiger partial charge >= 0.3 is 0 Å². The maximum Gasteiger partial charge on any atom is 0.0835 e. The SMILES string of the molecule is CC(C)(C)c1cc(N)c(N2CCOCC2)c(N)c1. The normalized spacial score (nSPS) is 16.9. The van der Waals surface area contributed by atoms with E-state index >= 15 is 0 Å². The Morgan fingerprint density at radius 1 is 1.06 bits per heavy atom. The van der Waals surface area contributed by atoms with Crippen molar-refractivity contribution in [3.8, 4) is 0 Å². The van der Waals surface area contributed by atoms with Crippen molar-refractivity contribution >= 4 is 17.1 Å². The predicted molar refractivity (Wildman–Crippen MR) is 77.0 cm³/mol. The summed E-state index contributed by atoms with van der Waals surface area (Å²) < 4.78 is 5.36. The lowest BCUT2D eigenvalue weighted by Crippen LogP contribution is -2.37. The van der Waals surface area contributed by atoms with Crippen LogP contribution in [0, 0.1) is 0 Å². The lowest BCUT2D eigenvalue weighted by atomic mass is 9.86. The van der Waals surface area contributed by atoms with Crippen molar-refractivity contribution in [1.29, 1.82) is 0 Å². The first kappa shape index (κ1) is 13.0. The molecule has 1 aromatic rings. The second-order valence-corrected chi connectivity index (χ2v) is 5.85. The number of morpholine rings is 1. The summed E-state index contributed by atoms with van der Waals surface area (Å²) in [6, 6.07) is 4.09. The Morgan fingerprint density at radius 2 is 1.56 bits per heavy atom. The Hall–Kier alpha value is -1.42. The molecule has 1 aromatic carbocycles. The minimum Gasteiger partial charge on any atom is -0.397 e. The minimum atomic E-state index is 0.0613. The largest absolute Gasteiger partial charge is 0.397 e. The lowest BCUT2D eigenvalue weighted by molar-refractivity contribution is 0.123. The quantitative estimate of drug-likeness (QED) is 0.747. The molecule has 0 saturated carbocycles. The van der Waals surface area contributed by atoms with Gasteiger partial charge in [-0.1, -0.05) is 20.8 Å². The summed E-state index contributed by atoms with van der Waals surface area (Å²) in [5, 5.41) is 0. The summed E-state index contributed by atoms with van der Waals surface area (Å²) in [6.45, 7) is 9.66. The maximum absolute atomic E-state index is 6.19. The fourth-order valence-electron chi connectivity index (χ4n) is 2.27. The second kappa shape index (κ2) is 4.69. The first-order valence-electron chi connectivity index (χ1n) is 6.42. The number of benzene rings is 1. The van der Waals surface area contributed by atoms with E-state index in [0.29, 0.717) is 0 Å². The molecule has 0 atom stereocenters. The number of hydrogen-bond acceptors (Lipinski definition) is 4. The van der Waals surface area contributed by atoms with Crippen molar-refractivity contribution in [1.82, 2.24) is 0 Å². The van der Waals surface area contributed by atoms with Gasteiger partial charge in [-0.15, -0.1) is 0 Å². The Morgan fingerprint density at radius 3 is 2.00 bits per heavy atom. The summed E-state index contributed by atoms with van der Waals surface area (Å²) in [4.78, 5) is 2.21. The van der Waals surface area contributed by atoms with Crippen molar-refractivity contribution < 1.29 is 4.74 Å². The van der Waals surface area contributed by atoms with Crippen LogP contribution in [0.4, 0.5) is 17.1 Å². The van der Waals surface area contributed by atoms with Crippen molar-refractivity contribution in [2.24, 2.45) is 0 Å². The molecule has 4 nitrogen and oxygen atoms in total. The van der Waals surface area contributed by atoms with E-state index in [2.05, 4.69) is 25.7 Å². The Balaban J connectivity index is 2.37. The van der Waals surface area contributed by atoms with Crippen LogP contribution in [0.1, 0.15) is 26.3 Å². The van der Waals surface area contributed by atoms with Gasteiger partial charge in [0.15, 0.2) is 0 Å². The fourth-order valence-corrected chi connectivity index (χ4v) is 2.27. The summed E-state index contributed by atoms with van der Waals surface area (Å²) in [5.74, 6) is 0.